The van der Waals surface area contributed by atoms with Gasteiger partial charge in [-0.3, -0.25) is 0 Å². The third-order valence-electron chi connectivity index (χ3n) is 24.3. The summed E-state index contributed by atoms with van der Waals surface area (Å²) in [5.41, 5.74) is 26.4. The fraction of sp³-hybridized carbons (Fsp3) is 0.137. The molecule has 8 heterocycles. The van der Waals surface area contributed by atoms with Crippen LogP contribution < -0.4 is 32.0 Å². The Kier molecular flexibility index (Phi) is 26.8. The molecule has 127 heavy (non-hydrogen) atoms. The molecular weight excluding hydrogens is 1560 g/mol. The van der Waals surface area contributed by atoms with Crippen molar-refractivity contribution >= 4 is 119 Å². The van der Waals surface area contributed by atoms with Crippen LogP contribution in [0.25, 0.3) is 163 Å². The van der Waals surface area contributed by atoms with Crippen LogP contribution in [0, 0.1) is 55.4 Å². The molecule has 0 aliphatic carbocycles. The third-order valence-corrected chi connectivity index (χ3v) is 25.6. The van der Waals surface area contributed by atoms with E-state index in [0.717, 1.165) is 16.7 Å². The minimum atomic E-state index is 0. The predicted molar refractivity (Wildman–Crippen MR) is 534 cm³/mol. The van der Waals surface area contributed by atoms with Crippen LogP contribution in [0.1, 0.15) is 52.1 Å². The molecule has 0 unspecified atom stereocenters. The van der Waals surface area contributed by atoms with Crippen LogP contribution in [0.3, 0.4) is 0 Å². The first-order valence-corrected chi connectivity index (χ1v) is 44.0. The Morgan fingerprint density at radius 2 is 0.661 bits per heavy atom. The number of aromatic nitrogens is 9. The van der Waals surface area contributed by atoms with Crippen LogP contribution in [0.2, 0.25) is 0 Å². The maximum Gasteiger partial charge on any atom is 0.239 e. The molecule has 0 aliphatic heterocycles. The van der Waals surface area contributed by atoms with E-state index in [9.17, 15) is 0 Å². The second-order valence-electron chi connectivity index (χ2n) is 32.8. The summed E-state index contributed by atoms with van der Waals surface area (Å²) in [6, 6.07) is 118. The first-order chi connectivity index (χ1) is 61.3. The van der Waals surface area contributed by atoms with E-state index in [-0.39, 0.29) is 7.43 Å². The number of nitrogens with zero attached hydrogens (tertiary/aromatic N) is 9. The Hall–Kier alpha value is -14.7. The van der Waals surface area contributed by atoms with Crippen molar-refractivity contribution in [2.24, 2.45) is 49.3 Å². The van der Waals surface area contributed by atoms with Gasteiger partial charge in [0, 0.05) is 92.8 Å². The van der Waals surface area contributed by atoms with E-state index in [1.807, 2.05) is 29.8 Å². The monoisotopic (exact) mass is 1670 g/mol. The summed E-state index contributed by atoms with van der Waals surface area (Å²) in [7, 11) is 14.6. The third kappa shape index (κ3) is 18.3. The predicted octanol–water partition coefficient (Wildman–Crippen LogP) is 25.4. The molecule has 0 atom stereocenters. The van der Waals surface area contributed by atoms with Crippen molar-refractivity contribution in [1.29, 1.82) is 0 Å². The highest BCUT2D eigenvalue weighted by Gasteiger charge is 2.23. The van der Waals surface area contributed by atoms with Gasteiger partial charge in [0.15, 0.2) is 43.4 Å². The van der Waals surface area contributed by atoms with Crippen molar-refractivity contribution in [3.05, 3.63) is 428 Å². The molecule has 0 radical (unpaired) electrons. The molecule has 0 spiro atoms. The van der Waals surface area contributed by atoms with Gasteiger partial charge in [-0.2, -0.15) is 9.13 Å². The summed E-state index contributed by atoms with van der Waals surface area (Å²) in [6.07, 6.45) is 16.4. The van der Waals surface area contributed by atoms with Gasteiger partial charge < -0.3 is 0 Å². The van der Waals surface area contributed by atoms with Crippen LogP contribution in [-0.2, 0) is 49.3 Å². The molecular formula is C117H112N9S+7. The zero-order valence-electron chi connectivity index (χ0n) is 74.8. The van der Waals surface area contributed by atoms with E-state index in [1.54, 1.807) is 0 Å². The normalized spacial score (nSPS) is 10.9. The van der Waals surface area contributed by atoms with Crippen molar-refractivity contribution in [3.63, 3.8) is 0 Å². The molecule has 0 N–H and O–H groups in total. The molecule has 0 bridgehead atoms. The number of rotatable bonds is 5. The SMILES string of the molecule is C.Cc1c(-c2cccc[n+]2C)ccc2ccccc12.Cc1c(-c2cccc[n+]2C)sc2ccccc12.Cc1c[n+](C)c2c(n1)c1ccccc1c1cccc(C)c12.Cc1cc2ccccc2cc1-c1cccc[n+]1C.Cc1ccc2ccccc2c1-c1cccc[n+]1C.Cc1cccc2c3ccccc3c3ncc[n+](C)c3c12.Cc1ccccc1-c1cccc[n+]1C. The quantitative estimate of drug-likeness (QED) is 0.127. The molecule has 22 aromatic rings. The molecule has 8 aromatic heterocycles. The van der Waals surface area contributed by atoms with Crippen LogP contribution in [0.15, 0.2) is 383 Å². The highest BCUT2D eigenvalue weighted by molar-refractivity contribution is 7.22. The number of aryl methyl sites for hydroxylation is 15. The molecule has 10 heteroatoms. The Morgan fingerprint density at radius 3 is 1.21 bits per heavy atom. The maximum atomic E-state index is 4.84. The lowest BCUT2D eigenvalue weighted by Gasteiger charge is -2.10. The molecule has 0 fully saturated rings. The summed E-state index contributed by atoms with van der Waals surface area (Å²) >= 11 is 1.87. The molecule has 22 rings (SSSR count). The molecule has 9 nitrogen and oxygen atoms in total. The second-order valence-corrected chi connectivity index (χ2v) is 33.9. The molecule has 0 saturated carbocycles. The van der Waals surface area contributed by atoms with Gasteiger partial charge in [0.1, 0.15) is 70.9 Å². The van der Waals surface area contributed by atoms with Gasteiger partial charge in [-0.25, -0.2) is 32.8 Å². The Bertz CT molecular complexity index is 7640. The van der Waals surface area contributed by atoms with Crippen LogP contribution in [0.5, 0.6) is 0 Å². The average molecular weight is 1680 g/mol. The van der Waals surface area contributed by atoms with Crippen molar-refractivity contribution in [2.75, 3.05) is 0 Å². The minimum absolute atomic E-state index is 0. The van der Waals surface area contributed by atoms with Gasteiger partial charge in [-0.1, -0.05) is 226 Å². The molecule has 0 saturated heterocycles. The van der Waals surface area contributed by atoms with Gasteiger partial charge in [0.25, 0.3) is 0 Å². The Labute approximate surface area is 751 Å². The summed E-state index contributed by atoms with van der Waals surface area (Å²) in [6.45, 7) is 17.3. The number of fused-ring (bicyclic) bond motifs is 16. The lowest BCUT2D eigenvalue weighted by atomic mass is 9.96. The summed E-state index contributed by atoms with van der Waals surface area (Å²) in [5, 5.41) is 19.4. The number of pyridine rings is 5. The van der Waals surface area contributed by atoms with E-state index in [2.05, 4.69) is 506 Å². The van der Waals surface area contributed by atoms with Crippen molar-refractivity contribution in [2.45, 2.75) is 62.8 Å². The highest BCUT2D eigenvalue weighted by Crippen LogP contribution is 2.39. The van der Waals surface area contributed by atoms with E-state index < -0.39 is 0 Å². The summed E-state index contributed by atoms with van der Waals surface area (Å²) < 4.78 is 16.6. The van der Waals surface area contributed by atoms with Gasteiger partial charge in [0.2, 0.25) is 39.5 Å². The highest BCUT2D eigenvalue weighted by atomic mass is 32.1. The van der Waals surface area contributed by atoms with Crippen LogP contribution >= 0.6 is 11.3 Å². The minimum Gasteiger partial charge on any atom is -0.243 e. The lowest BCUT2D eigenvalue weighted by molar-refractivity contribution is -0.660. The Morgan fingerprint density at radius 1 is 0.252 bits per heavy atom. The smallest absolute Gasteiger partial charge is 0.239 e. The Balaban J connectivity index is 0.000000114. The first-order valence-electron chi connectivity index (χ1n) is 43.2. The summed E-state index contributed by atoms with van der Waals surface area (Å²) in [4.78, 5) is 10.8. The zero-order chi connectivity index (χ0) is 87.6. The van der Waals surface area contributed by atoms with Gasteiger partial charge in [-0.15, -0.1) is 11.3 Å². The molecule has 0 amide bonds. The fourth-order valence-electron chi connectivity index (χ4n) is 17.8. The molecule has 0 aliphatic rings. The number of thiophene rings is 1. The number of hydrogen-bond donors (Lipinski definition) is 0. The average Bonchev–Trinajstić information content (AvgIpc) is 0.970. The topological polar surface area (TPSA) is 52.9 Å². The molecule has 624 valence electrons. The van der Waals surface area contributed by atoms with Crippen molar-refractivity contribution < 1.29 is 32.0 Å². The number of benzene rings is 14. The second kappa shape index (κ2) is 39.0. The zero-order valence-corrected chi connectivity index (χ0v) is 75.6. The lowest BCUT2D eigenvalue weighted by Crippen LogP contribution is -2.30. The van der Waals surface area contributed by atoms with Crippen LogP contribution in [-0.4, -0.2) is 9.97 Å². The van der Waals surface area contributed by atoms with Crippen LogP contribution in [0.4, 0.5) is 0 Å². The maximum absolute atomic E-state index is 4.84. The van der Waals surface area contributed by atoms with E-state index >= 15 is 0 Å². The number of hydrogen-bond acceptors (Lipinski definition) is 3. The first kappa shape index (κ1) is 87.2. The van der Waals surface area contributed by atoms with Gasteiger partial charge in [-0.05, 0) is 208 Å². The van der Waals surface area contributed by atoms with Crippen molar-refractivity contribution in [1.82, 2.24) is 9.97 Å². The van der Waals surface area contributed by atoms with Gasteiger partial charge >= 0.3 is 0 Å². The van der Waals surface area contributed by atoms with Crippen molar-refractivity contribution in [3.8, 4) is 55.6 Å². The fourth-order valence-corrected chi connectivity index (χ4v) is 19.1. The summed E-state index contributed by atoms with van der Waals surface area (Å²) in [5.74, 6) is 0. The standard InChI is InChI=1S/C19H17N2.C18H15N2.3C17H16N.C15H14NS.C13H14N.CH4/c1-12-7-6-10-15-14-8-4-5-9-16(14)18-19(17(12)15)21(3)11-13(2)20-18;1-12-6-5-9-14-13-7-3-4-8-15(13)17-18(16(12)14)20(2)11-10-19-17;1-13-15-8-4-3-7-14(15)10-11-16(13)17-9-5-6-12-18(17)2;1-13-10-11-14-7-3-4-8-15(14)17(13)16-9-5-6-12-18(16)2;1-13-11-14-7-3-4-8-15(14)12-16(13)17-9-5-6-10-18(17)2;1-11-12-7-3-4-9-14(12)17-15(11)13-8-5-6-10-16(13)2;1-11-7-3-4-8-12(11)13-9-5-6-10-14(13)2;/h4-11H,1-3H3;3-11H,1-2H3;3*3-12H,1-2H3;3-10H,1-2H3;3-10H,1-2H3;1H4/q7*+1;. The van der Waals surface area contributed by atoms with E-state index in [1.165, 1.54) is 191 Å². The molecule has 14 aromatic carbocycles. The van der Waals surface area contributed by atoms with E-state index in [4.69, 9.17) is 4.98 Å². The van der Waals surface area contributed by atoms with E-state index in [0.29, 0.717) is 0 Å². The largest absolute Gasteiger partial charge is 0.243 e. The van der Waals surface area contributed by atoms with Gasteiger partial charge in [0.05, 0.1) is 22.5 Å².